The predicted molar refractivity (Wildman–Crippen MR) is 98.0 cm³/mol. The molecule has 6 nitrogen and oxygen atoms in total. The zero-order chi connectivity index (χ0) is 17.9. The summed E-state index contributed by atoms with van der Waals surface area (Å²) in [5.41, 5.74) is 3.32. The van der Waals surface area contributed by atoms with Crippen molar-refractivity contribution in [1.29, 1.82) is 0 Å². The Labute approximate surface area is 150 Å². The van der Waals surface area contributed by atoms with Crippen LogP contribution in [0.2, 0.25) is 0 Å². The van der Waals surface area contributed by atoms with Crippen molar-refractivity contribution in [3.05, 3.63) is 76.2 Å². The first-order chi connectivity index (χ1) is 12.7. The summed E-state index contributed by atoms with van der Waals surface area (Å²) in [6.07, 6.45) is 2.26. The Balaban J connectivity index is 1.57. The van der Waals surface area contributed by atoms with E-state index in [9.17, 15) is 9.59 Å². The molecule has 2 aromatic carbocycles. The van der Waals surface area contributed by atoms with Gasteiger partial charge in [-0.2, -0.15) is 0 Å². The zero-order valence-electron chi connectivity index (χ0n) is 14.1. The fraction of sp³-hybridized carbons (Fsp3) is 0.200. The Morgan fingerprint density at radius 2 is 2.00 bits per heavy atom. The maximum Gasteiger partial charge on any atom is 0.267 e. The second kappa shape index (κ2) is 6.92. The number of H-pyrrole nitrogens is 2. The molecule has 1 unspecified atom stereocenters. The van der Waals surface area contributed by atoms with Crippen molar-refractivity contribution in [2.45, 2.75) is 18.9 Å². The summed E-state index contributed by atoms with van der Waals surface area (Å²) in [6, 6.07) is 16.0. The fourth-order valence-electron chi connectivity index (χ4n) is 3.24. The number of carbonyl (C=O) groups excluding carboxylic acids is 1. The van der Waals surface area contributed by atoms with Gasteiger partial charge in [-0.1, -0.05) is 36.4 Å². The molecule has 4 rings (SSSR count). The third-order valence-corrected chi connectivity index (χ3v) is 4.57. The van der Waals surface area contributed by atoms with Gasteiger partial charge in [-0.25, -0.2) is 0 Å². The molecule has 6 heteroatoms. The Bertz CT molecular complexity index is 975. The average molecular weight is 349 g/mol. The fourth-order valence-corrected chi connectivity index (χ4v) is 3.24. The first-order valence-electron chi connectivity index (χ1n) is 8.57. The number of hydrogen-bond acceptors (Lipinski definition) is 3. The van der Waals surface area contributed by atoms with Gasteiger partial charge in [-0.05, 0) is 23.3 Å². The number of hydrogen-bond donors (Lipinski definition) is 3. The maximum absolute atomic E-state index is 12.4. The van der Waals surface area contributed by atoms with Crippen LogP contribution in [0.3, 0.4) is 0 Å². The van der Waals surface area contributed by atoms with E-state index in [1.807, 2.05) is 30.3 Å². The molecule has 1 aromatic heterocycles. The van der Waals surface area contributed by atoms with E-state index in [0.717, 1.165) is 22.4 Å². The lowest BCUT2D eigenvalue weighted by atomic mass is 9.95. The number of aromatic amines is 2. The van der Waals surface area contributed by atoms with Crippen LogP contribution in [-0.4, -0.2) is 22.7 Å². The van der Waals surface area contributed by atoms with Crippen LogP contribution in [0, 0.1) is 0 Å². The molecule has 0 radical (unpaired) electrons. The number of rotatable bonds is 4. The molecule has 0 spiro atoms. The van der Waals surface area contributed by atoms with Crippen LogP contribution in [0.15, 0.2) is 59.5 Å². The maximum atomic E-state index is 12.4. The van der Waals surface area contributed by atoms with E-state index in [1.165, 1.54) is 6.20 Å². The summed E-state index contributed by atoms with van der Waals surface area (Å²) in [6.45, 7) is 0.549. The first-order valence-corrected chi connectivity index (χ1v) is 8.57. The molecule has 0 saturated heterocycles. The van der Waals surface area contributed by atoms with E-state index in [2.05, 4.69) is 33.7 Å². The third kappa shape index (κ3) is 3.26. The third-order valence-electron chi connectivity index (χ3n) is 4.57. The molecule has 0 bridgehead atoms. The summed E-state index contributed by atoms with van der Waals surface area (Å²) >= 11 is 0. The lowest BCUT2D eigenvalue weighted by Gasteiger charge is -2.27. The first kappa shape index (κ1) is 16.2. The van der Waals surface area contributed by atoms with Crippen molar-refractivity contribution in [2.24, 2.45) is 0 Å². The second-order valence-corrected chi connectivity index (χ2v) is 6.32. The molecule has 2 heterocycles. The Kier molecular flexibility index (Phi) is 4.31. The average Bonchev–Trinajstić information content (AvgIpc) is 3.07. The molecule has 132 valence electrons. The molecule has 1 aliphatic rings. The smallest absolute Gasteiger partial charge is 0.267 e. The van der Waals surface area contributed by atoms with Crippen LogP contribution in [0.1, 0.15) is 23.6 Å². The Hall–Kier alpha value is -3.28. The molecule has 0 aliphatic carbocycles. The van der Waals surface area contributed by atoms with Crippen LogP contribution in [0.4, 0.5) is 0 Å². The zero-order valence-corrected chi connectivity index (χ0v) is 14.1. The van der Waals surface area contributed by atoms with Crippen LogP contribution >= 0.6 is 0 Å². The quantitative estimate of drug-likeness (QED) is 0.676. The van der Waals surface area contributed by atoms with Crippen molar-refractivity contribution in [1.82, 2.24) is 15.5 Å². The van der Waals surface area contributed by atoms with E-state index < -0.39 is 0 Å². The van der Waals surface area contributed by atoms with E-state index >= 15 is 0 Å². The van der Waals surface area contributed by atoms with E-state index in [-0.39, 0.29) is 23.9 Å². The normalized spacial score (nSPS) is 15.8. The van der Waals surface area contributed by atoms with Gasteiger partial charge in [-0.15, -0.1) is 0 Å². The monoisotopic (exact) mass is 349 g/mol. The van der Waals surface area contributed by atoms with Crippen molar-refractivity contribution in [2.75, 3.05) is 6.61 Å². The van der Waals surface area contributed by atoms with E-state index in [4.69, 9.17) is 4.74 Å². The molecular formula is C20H19N3O3. The molecule has 26 heavy (non-hydrogen) atoms. The summed E-state index contributed by atoms with van der Waals surface area (Å²) in [7, 11) is 0. The number of benzene rings is 2. The van der Waals surface area contributed by atoms with Gasteiger partial charge in [-0.3, -0.25) is 14.7 Å². The van der Waals surface area contributed by atoms with Crippen molar-refractivity contribution in [3.63, 3.8) is 0 Å². The number of amides is 1. The highest BCUT2D eigenvalue weighted by molar-refractivity contribution is 5.79. The molecule has 1 atom stereocenters. The van der Waals surface area contributed by atoms with Crippen molar-refractivity contribution in [3.8, 4) is 16.9 Å². The molecular weight excluding hydrogens is 330 g/mol. The van der Waals surface area contributed by atoms with E-state index in [0.29, 0.717) is 18.6 Å². The highest BCUT2D eigenvalue weighted by atomic mass is 16.5. The van der Waals surface area contributed by atoms with Gasteiger partial charge in [0.15, 0.2) is 0 Å². The van der Waals surface area contributed by atoms with Crippen LogP contribution in [0.5, 0.6) is 5.75 Å². The SMILES string of the molecule is O=C(Cc1c[nH][nH]c1=O)NC1CCOc2ccc(-c3ccccc3)cc21. The predicted octanol–water partition coefficient (Wildman–Crippen LogP) is 2.55. The van der Waals surface area contributed by atoms with Gasteiger partial charge >= 0.3 is 0 Å². The molecule has 0 fully saturated rings. The van der Waals surface area contributed by atoms with Crippen molar-refractivity contribution < 1.29 is 9.53 Å². The number of ether oxygens (including phenoxy) is 1. The minimum atomic E-state index is -0.265. The number of carbonyl (C=O) groups is 1. The van der Waals surface area contributed by atoms with Gasteiger partial charge < -0.3 is 15.2 Å². The summed E-state index contributed by atoms with van der Waals surface area (Å²) < 4.78 is 5.74. The van der Waals surface area contributed by atoms with Crippen LogP contribution in [0.25, 0.3) is 11.1 Å². The minimum Gasteiger partial charge on any atom is -0.493 e. The van der Waals surface area contributed by atoms with Crippen molar-refractivity contribution >= 4 is 5.91 Å². The second-order valence-electron chi connectivity index (χ2n) is 6.32. The van der Waals surface area contributed by atoms with Crippen LogP contribution < -0.4 is 15.6 Å². The van der Waals surface area contributed by atoms with E-state index in [1.54, 1.807) is 0 Å². The largest absolute Gasteiger partial charge is 0.493 e. The van der Waals surface area contributed by atoms with Gasteiger partial charge in [0.25, 0.3) is 5.56 Å². The minimum absolute atomic E-state index is 0.0455. The summed E-state index contributed by atoms with van der Waals surface area (Å²) in [5, 5.41) is 8.08. The topological polar surface area (TPSA) is 87.0 Å². The Morgan fingerprint density at radius 3 is 2.77 bits per heavy atom. The number of nitrogens with one attached hydrogen (secondary N) is 3. The number of fused-ring (bicyclic) bond motifs is 1. The van der Waals surface area contributed by atoms with Gasteiger partial charge in [0.05, 0.1) is 19.1 Å². The highest BCUT2D eigenvalue weighted by Gasteiger charge is 2.24. The summed E-state index contributed by atoms with van der Waals surface area (Å²) in [4.78, 5) is 23.9. The van der Waals surface area contributed by atoms with Gasteiger partial charge in [0.2, 0.25) is 5.91 Å². The Morgan fingerprint density at radius 1 is 1.15 bits per heavy atom. The number of aromatic nitrogens is 2. The summed E-state index contributed by atoms with van der Waals surface area (Å²) in [5.74, 6) is 0.610. The highest BCUT2D eigenvalue weighted by Crippen LogP contribution is 2.35. The van der Waals surface area contributed by atoms with Crippen LogP contribution in [-0.2, 0) is 11.2 Å². The molecule has 3 N–H and O–H groups in total. The van der Waals surface area contributed by atoms with Gasteiger partial charge in [0.1, 0.15) is 5.75 Å². The molecule has 1 aliphatic heterocycles. The standard InChI is InChI=1S/C20H19N3O3/c24-19(11-15-12-21-23-20(15)25)22-17-8-9-26-18-7-6-14(10-16(17)18)13-4-2-1-3-5-13/h1-7,10,12,17H,8-9,11H2,(H,22,24)(H2,21,23,25). The molecule has 0 saturated carbocycles. The molecule has 1 amide bonds. The molecule has 3 aromatic rings. The van der Waals surface area contributed by atoms with Gasteiger partial charge in [0, 0.05) is 23.7 Å². The lowest BCUT2D eigenvalue weighted by Crippen LogP contribution is -2.33. The lowest BCUT2D eigenvalue weighted by molar-refractivity contribution is -0.121.